The second-order valence-corrected chi connectivity index (χ2v) is 5.68. The van der Waals surface area contributed by atoms with E-state index < -0.39 is 0 Å². The average Bonchev–Trinajstić information content (AvgIpc) is 2.80. The van der Waals surface area contributed by atoms with Gasteiger partial charge in [0.05, 0.1) is 19.9 Å². The van der Waals surface area contributed by atoms with Crippen molar-refractivity contribution in [2.45, 2.75) is 0 Å². The minimum absolute atomic E-state index is 0.274. The molecule has 21 heavy (non-hydrogen) atoms. The van der Waals surface area contributed by atoms with Crippen LogP contribution in [0.3, 0.4) is 0 Å². The third kappa shape index (κ3) is 2.72. The standard InChI is InChI=1S/C13H15N3O3S2/c1-15-12(17)10-11(14)16(13(20)21-10)8-6-7(18-2)4-5-9(8)19-3/h4-6H,14H2,1-3H3,(H,15,17). The fraction of sp³-hybridized carbons (Fsp3) is 0.231. The van der Waals surface area contributed by atoms with Crippen LogP contribution in [0, 0.1) is 3.95 Å². The molecule has 2 aromatic rings. The number of nitrogens with zero attached hydrogens (tertiary/aromatic N) is 1. The molecule has 0 saturated heterocycles. The van der Waals surface area contributed by atoms with Gasteiger partial charge in [0.25, 0.3) is 5.91 Å². The highest BCUT2D eigenvalue weighted by atomic mass is 32.1. The van der Waals surface area contributed by atoms with E-state index in [4.69, 9.17) is 27.4 Å². The van der Waals surface area contributed by atoms with Gasteiger partial charge >= 0.3 is 0 Å². The molecule has 0 fully saturated rings. The number of nitrogen functional groups attached to an aromatic ring is 1. The number of hydrogen-bond acceptors (Lipinski definition) is 6. The molecular weight excluding hydrogens is 310 g/mol. The Balaban J connectivity index is 2.70. The SMILES string of the molecule is CNC(=O)c1sc(=S)n(-c2cc(OC)ccc2OC)c1N. The smallest absolute Gasteiger partial charge is 0.264 e. The molecule has 0 aliphatic rings. The van der Waals surface area contributed by atoms with Crippen molar-refractivity contribution in [1.82, 2.24) is 9.88 Å². The number of thiazole rings is 1. The van der Waals surface area contributed by atoms with Crippen molar-refractivity contribution in [1.29, 1.82) is 0 Å². The number of anilines is 1. The minimum Gasteiger partial charge on any atom is -0.497 e. The largest absolute Gasteiger partial charge is 0.497 e. The molecule has 1 aromatic heterocycles. The Morgan fingerprint density at radius 1 is 1.38 bits per heavy atom. The lowest BCUT2D eigenvalue weighted by atomic mass is 10.2. The number of ether oxygens (including phenoxy) is 2. The molecule has 1 amide bonds. The molecule has 0 aliphatic heterocycles. The molecule has 1 heterocycles. The van der Waals surface area contributed by atoms with Crippen LogP contribution in [0.15, 0.2) is 18.2 Å². The zero-order valence-electron chi connectivity index (χ0n) is 11.8. The summed E-state index contributed by atoms with van der Waals surface area (Å²) in [4.78, 5) is 12.2. The van der Waals surface area contributed by atoms with Crippen LogP contribution < -0.4 is 20.5 Å². The zero-order valence-corrected chi connectivity index (χ0v) is 13.4. The van der Waals surface area contributed by atoms with Crippen LogP contribution in [-0.4, -0.2) is 31.7 Å². The molecule has 112 valence electrons. The van der Waals surface area contributed by atoms with Crippen LogP contribution in [0.4, 0.5) is 5.82 Å². The summed E-state index contributed by atoms with van der Waals surface area (Å²) in [5.74, 6) is 1.22. The van der Waals surface area contributed by atoms with Gasteiger partial charge in [0, 0.05) is 13.1 Å². The number of carbonyl (C=O) groups excluding carboxylic acids is 1. The Labute approximate surface area is 131 Å². The highest BCUT2D eigenvalue weighted by molar-refractivity contribution is 7.73. The first-order valence-electron chi connectivity index (χ1n) is 5.99. The van der Waals surface area contributed by atoms with Crippen molar-refractivity contribution in [3.8, 4) is 17.2 Å². The van der Waals surface area contributed by atoms with E-state index in [1.807, 2.05) is 0 Å². The van der Waals surface area contributed by atoms with E-state index in [1.165, 1.54) is 0 Å². The van der Waals surface area contributed by atoms with Crippen LogP contribution in [0.25, 0.3) is 5.69 Å². The normalized spacial score (nSPS) is 10.2. The van der Waals surface area contributed by atoms with E-state index in [9.17, 15) is 4.79 Å². The summed E-state index contributed by atoms with van der Waals surface area (Å²) in [6.07, 6.45) is 0. The predicted octanol–water partition coefficient (Wildman–Crippen LogP) is 2.23. The van der Waals surface area contributed by atoms with Crippen LogP contribution >= 0.6 is 23.6 Å². The third-order valence-electron chi connectivity index (χ3n) is 2.91. The van der Waals surface area contributed by atoms with Crippen molar-refractivity contribution < 1.29 is 14.3 Å². The van der Waals surface area contributed by atoms with Gasteiger partial charge in [-0.1, -0.05) is 11.3 Å². The molecule has 0 unspecified atom stereocenters. The van der Waals surface area contributed by atoms with Gasteiger partial charge in [-0.3, -0.25) is 9.36 Å². The van der Waals surface area contributed by atoms with Crippen LogP contribution in [-0.2, 0) is 0 Å². The van der Waals surface area contributed by atoms with Crippen molar-refractivity contribution in [2.75, 3.05) is 27.0 Å². The minimum atomic E-state index is -0.274. The first-order chi connectivity index (χ1) is 10.0. The summed E-state index contributed by atoms with van der Waals surface area (Å²) < 4.78 is 12.6. The summed E-state index contributed by atoms with van der Waals surface area (Å²) in [6.45, 7) is 0. The number of benzene rings is 1. The third-order valence-corrected chi connectivity index (χ3v) is 4.29. The van der Waals surface area contributed by atoms with E-state index in [-0.39, 0.29) is 11.7 Å². The van der Waals surface area contributed by atoms with Crippen LogP contribution in [0.2, 0.25) is 0 Å². The fourth-order valence-electron chi connectivity index (χ4n) is 1.86. The highest BCUT2D eigenvalue weighted by Crippen LogP contribution is 2.33. The average molecular weight is 325 g/mol. The number of amides is 1. The molecule has 2 rings (SSSR count). The number of rotatable bonds is 4. The van der Waals surface area contributed by atoms with Crippen LogP contribution in [0.5, 0.6) is 11.5 Å². The number of nitrogens with two attached hydrogens (primary N) is 1. The number of methoxy groups -OCH3 is 2. The highest BCUT2D eigenvalue weighted by Gasteiger charge is 2.19. The van der Waals surface area contributed by atoms with Crippen molar-refractivity contribution in [2.24, 2.45) is 0 Å². The van der Waals surface area contributed by atoms with E-state index >= 15 is 0 Å². The molecule has 0 aliphatic carbocycles. The quantitative estimate of drug-likeness (QED) is 0.843. The predicted molar refractivity (Wildman–Crippen MR) is 85.4 cm³/mol. The Kier molecular flexibility index (Phi) is 4.49. The fourth-order valence-corrected chi connectivity index (χ4v) is 3.16. The topological polar surface area (TPSA) is 78.5 Å². The Morgan fingerprint density at radius 3 is 2.67 bits per heavy atom. The Bertz CT molecular complexity index is 737. The monoisotopic (exact) mass is 325 g/mol. The first kappa shape index (κ1) is 15.3. The van der Waals surface area contributed by atoms with Gasteiger partial charge in [-0.25, -0.2) is 0 Å². The molecule has 6 nitrogen and oxygen atoms in total. The summed E-state index contributed by atoms with van der Waals surface area (Å²) >= 11 is 6.47. The zero-order chi connectivity index (χ0) is 15.6. The van der Waals surface area contributed by atoms with Crippen molar-refractivity contribution in [3.05, 3.63) is 27.0 Å². The molecule has 0 atom stereocenters. The Morgan fingerprint density at radius 2 is 2.10 bits per heavy atom. The lowest BCUT2D eigenvalue weighted by Crippen LogP contribution is -2.18. The lowest BCUT2D eigenvalue weighted by Gasteiger charge is -2.12. The molecular formula is C13H15N3O3S2. The van der Waals surface area contributed by atoms with Gasteiger partial charge < -0.3 is 20.5 Å². The molecule has 1 aromatic carbocycles. The molecule has 0 radical (unpaired) electrons. The van der Waals surface area contributed by atoms with E-state index in [0.717, 1.165) is 11.3 Å². The molecule has 0 saturated carbocycles. The summed E-state index contributed by atoms with van der Waals surface area (Å²) in [6, 6.07) is 5.28. The molecule has 0 bridgehead atoms. The lowest BCUT2D eigenvalue weighted by molar-refractivity contribution is 0.0967. The number of aromatic nitrogens is 1. The maximum Gasteiger partial charge on any atom is 0.264 e. The summed E-state index contributed by atoms with van der Waals surface area (Å²) in [7, 11) is 4.66. The van der Waals surface area contributed by atoms with E-state index in [2.05, 4.69) is 5.32 Å². The number of carbonyl (C=O) groups is 1. The van der Waals surface area contributed by atoms with Crippen LogP contribution in [0.1, 0.15) is 9.67 Å². The van der Waals surface area contributed by atoms with Gasteiger partial charge in [0.15, 0.2) is 3.95 Å². The molecule has 0 spiro atoms. The second kappa shape index (κ2) is 6.15. The van der Waals surface area contributed by atoms with Gasteiger partial charge in [-0.15, -0.1) is 0 Å². The van der Waals surface area contributed by atoms with Gasteiger partial charge in [0.2, 0.25) is 0 Å². The first-order valence-corrected chi connectivity index (χ1v) is 7.21. The summed E-state index contributed by atoms with van der Waals surface area (Å²) in [5, 5.41) is 2.54. The molecule has 3 N–H and O–H groups in total. The van der Waals surface area contributed by atoms with E-state index in [0.29, 0.717) is 26.0 Å². The maximum absolute atomic E-state index is 11.8. The van der Waals surface area contributed by atoms with Crippen molar-refractivity contribution >= 4 is 35.3 Å². The van der Waals surface area contributed by atoms with Crippen molar-refractivity contribution in [3.63, 3.8) is 0 Å². The molecule has 8 heteroatoms. The maximum atomic E-state index is 11.8. The van der Waals surface area contributed by atoms with Gasteiger partial charge in [0.1, 0.15) is 22.2 Å². The number of hydrogen-bond donors (Lipinski definition) is 2. The second-order valence-electron chi connectivity index (χ2n) is 4.03. The van der Waals surface area contributed by atoms with Gasteiger partial charge in [-0.05, 0) is 24.4 Å². The van der Waals surface area contributed by atoms with Gasteiger partial charge in [-0.2, -0.15) is 0 Å². The Hall–Kier alpha value is -2.06. The summed E-state index contributed by atoms with van der Waals surface area (Å²) in [5.41, 5.74) is 6.71. The number of nitrogens with one attached hydrogen (secondary N) is 1. The van der Waals surface area contributed by atoms with E-state index in [1.54, 1.807) is 44.0 Å².